The minimum atomic E-state index is -0.397. The number of hydrogen-bond acceptors (Lipinski definition) is 7. The standard InChI is InChI=1S/C22H28N6O2S2/c1-7-28-18(11-19(29)24-17-9-8-12(2)10-13(17)3)26-27-22(28)32-16(6)20(30)25-21-23-14(4)15(5)31-21/h8-10,16H,7,11H2,1-6H3,(H,24,29)(H,23,25,30)/t16-/m0/s1. The van der Waals surface area contributed by atoms with Crippen LogP contribution >= 0.6 is 23.1 Å². The molecule has 0 radical (unpaired) electrons. The summed E-state index contributed by atoms with van der Waals surface area (Å²) in [5.41, 5.74) is 3.86. The number of thioether (sulfide) groups is 1. The lowest BCUT2D eigenvalue weighted by atomic mass is 10.1. The van der Waals surface area contributed by atoms with Crippen molar-refractivity contribution in [2.45, 2.75) is 64.9 Å². The Kier molecular flexibility index (Phi) is 7.68. The van der Waals surface area contributed by atoms with Gasteiger partial charge in [0.25, 0.3) is 0 Å². The zero-order chi connectivity index (χ0) is 23.4. The number of thiazole rings is 1. The van der Waals surface area contributed by atoms with E-state index < -0.39 is 5.25 Å². The van der Waals surface area contributed by atoms with Crippen molar-refractivity contribution in [1.29, 1.82) is 0 Å². The maximum Gasteiger partial charge on any atom is 0.239 e. The fraction of sp³-hybridized carbons (Fsp3) is 0.409. The summed E-state index contributed by atoms with van der Waals surface area (Å²) in [6, 6.07) is 5.90. The van der Waals surface area contributed by atoms with Crippen molar-refractivity contribution in [2.24, 2.45) is 0 Å². The monoisotopic (exact) mass is 472 g/mol. The van der Waals surface area contributed by atoms with Gasteiger partial charge in [0.15, 0.2) is 10.3 Å². The van der Waals surface area contributed by atoms with Crippen LogP contribution in [0.25, 0.3) is 0 Å². The van der Waals surface area contributed by atoms with Crippen molar-refractivity contribution in [3.05, 3.63) is 45.7 Å². The van der Waals surface area contributed by atoms with Crippen LogP contribution in [0.1, 0.15) is 41.4 Å². The van der Waals surface area contributed by atoms with E-state index in [0.29, 0.717) is 22.7 Å². The average Bonchev–Trinajstić information content (AvgIpc) is 3.25. The molecule has 2 heterocycles. The maximum atomic E-state index is 12.6. The highest BCUT2D eigenvalue weighted by atomic mass is 32.2. The molecule has 0 aliphatic rings. The Balaban J connectivity index is 1.64. The van der Waals surface area contributed by atoms with Gasteiger partial charge in [0, 0.05) is 17.1 Å². The van der Waals surface area contributed by atoms with Gasteiger partial charge in [-0.3, -0.25) is 9.59 Å². The third kappa shape index (κ3) is 5.74. The van der Waals surface area contributed by atoms with Crippen LogP contribution in [0.5, 0.6) is 0 Å². The highest BCUT2D eigenvalue weighted by molar-refractivity contribution is 8.00. The van der Waals surface area contributed by atoms with Gasteiger partial charge in [-0.15, -0.1) is 21.5 Å². The molecule has 2 aromatic heterocycles. The Labute approximate surface area is 196 Å². The van der Waals surface area contributed by atoms with E-state index in [0.717, 1.165) is 27.4 Å². The molecule has 2 N–H and O–H groups in total. The highest BCUT2D eigenvalue weighted by Crippen LogP contribution is 2.26. The highest BCUT2D eigenvalue weighted by Gasteiger charge is 2.22. The minimum Gasteiger partial charge on any atom is -0.325 e. The zero-order valence-electron chi connectivity index (χ0n) is 19.1. The second kappa shape index (κ2) is 10.3. The van der Waals surface area contributed by atoms with Crippen LogP contribution in [0.4, 0.5) is 10.8 Å². The summed E-state index contributed by atoms with van der Waals surface area (Å²) in [4.78, 5) is 30.6. The molecule has 10 heteroatoms. The summed E-state index contributed by atoms with van der Waals surface area (Å²) in [6.07, 6.45) is 0.104. The lowest BCUT2D eigenvalue weighted by Crippen LogP contribution is -2.23. The first kappa shape index (κ1) is 23.9. The van der Waals surface area contributed by atoms with Crippen LogP contribution in [-0.2, 0) is 22.6 Å². The van der Waals surface area contributed by atoms with Crippen LogP contribution in [0.2, 0.25) is 0 Å². The Morgan fingerprint density at radius 1 is 1.16 bits per heavy atom. The molecule has 8 nitrogen and oxygen atoms in total. The van der Waals surface area contributed by atoms with E-state index in [2.05, 4.69) is 25.8 Å². The lowest BCUT2D eigenvalue weighted by molar-refractivity contribution is -0.116. The fourth-order valence-electron chi connectivity index (χ4n) is 3.09. The molecule has 0 aliphatic heterocycles. The minimum absolute atomic E-state index is 0.104. The van der Waals surface area contributed by atoms with E-state index in [1.165, 1.54) is 23.1 Å². The largest absolute Gasteiger partial charge is 0.325 e. The normalized spacial score (nSPS) is 11.9. The molecule has 3 rings (SSSR count). The molecule has 0 fully saturated rings. The smallest absolute Gasteiger partial charge is 0.239 e. The van der Waals surface area contributed by atoms with Crippen molar-refractivity contribution < 1.29 is 9.59 Å². The molecule has 0 unspecified atom stereocenters. The van der Waals surface area contributed by atoms with Crippen molar-refractivity contribution >= 4 is 45.7 Å². The molecule has 0 bridgehead atoms. The predicted molar refractivity (Wildman–Crippen MR) is 129 cm³/mol. The molecule has 32 heavy (non-hydrogen) atoms. The van der Waals surface area contributed by atoms with Crippen LogP contribution in [0.3, 0.4) is 0 Å². The molecule has 0 aliphatic carbocycles. The first-order valence-electron chi connectivity index (χ1n) is 10.4. The number of nitrogens with zero attached hydrogens (tertiary/aromatic N) is 4. The van der Waals surface area contributed by atoms with Crippen molar-refractivity contribution in [3.8, 4) is 0 Å². The average molecular weight is 473 g/mol. The number of aryl methyl sites for hydroxylation is 4. The van der Waals surface area contributed by atoms with Crippen molar-refractivity contribution in [1.82, 2.24) is 19.7 Å². The Hall–Kier alpha value is -2.72. The van der Waals surface area contributed by atoms with Crippen molar-refractivity contribution in [3.63, 3.8) is 0 Å². The fourth-order valence-corrected chi connectivity index (χ4v) is 4.84. The lowest BCUT2D eigenvalue weighted by Gasteiger charge is -2.12. The van der Waals surface area contributed by atoms with Gasteiger partial charge in [-0.25, -0.2) is 4.98 Å². The molecule has 0 saturated heterocycles. The number of anilines is 2. The topological polar surface area (TPSA) is 102 Å². The van der Waals surface area contributed by atoms with Crippen LogP contribution in [0.15, 0.2) is 23.4 Å². The number of aromatic nitrogens is 4. The first-order valence-corrected chi connectivity index (χ1v) is 12.1. The summed E-state index contributed by atoms with van der Waals surface area (Å²) < 4.78 is 1.87. The van der Waals surface area contributed by atoms with E-state index in [9.17, 15) is 9.59 Å². The Bertz CT molecular complexity index is 1120. The predicted octanol–water partition coefficient (Wildman–Crippen LogP) is 4.29. The van der Waals surface area contributed by atoms with E-state index in [1.54, 1.807) is 0 Å². The summed E-state index contributed by atoms with van der Waals surface area (Å²) in [5, 5.41) is 15.0. The molecule has 0 spiro atoms. The van der Waals surface area contributed by atoms with Gasteiger partial charge in [-0.05, 0) is 53.2 Å². The molecule has 0 saturated carbocycles. The first-order chi connectivity index (χ1) is 15.2. The van der Waals surface area contributed by atoms with Gasteiger partial charge in [-0.1, -0.05) is 29.5 Å². The maximum absolute atomic E-state index is 12.6. The molecule has 1 atom stereocenters. The number of nitrogens with one attached hydrogen (secondary N) is 2. The molecule has 2 amide bonds. The van der Waals surface area contributed by atoms with E-state index in [4.69, 9.17) is 0 Å². The van der Waals surface area contributed by atoms with Gasteiger partial charge >= 0.3 is 0 Å². The van der Waals surface area contributed by atoms with Crippen LogP contribution < -0.4 is 10.6 Å². The molecule has 170 valence electrons. The SMILES string of the molecule is CCn1c(CC(=O)Nc2ccc(C)cc2C)nnc1S[C@@H](C)C(=O)Nc1nc(C)c(C)s1. The summed E-state index contributed by atoms with van der Waals surface area (Å²) in [6.45, 7) is 12.2. The van der Waals surface area contributed by atoms with E-state index >= 15 is 0 Å². The summed E-state index contributed by atoms with van der Waals surface area (Å²) in [5.74, 6) is 0.260. The number of hydrogen-bond donors (Lipinski definition) is 2. The van der Waals surface area contributed by atoms with Gasteiger partial charge < -0.3 is 15.2 Å². The summed E-state index contributed by atoms with van der Waals surface area (Å²) in [7, 11) is 0. The third-order valence-corrected chi connectivity index (χ3v) is 7.06. The van der Waals surface area contributed by atoms with Crippen molar-refractivity contribution in [2.75, 3.05) is 10.6 Å². The van der Waals surface area contributed by atoms with Gasteiger partial charge in [0.05, 0.1) is 17.4 Å². The molecular weight excluding hydrogens is 444 g/mol. The van der Waals surface area contributed by atoms with Crippen LogP contribution in [0, 0.1) is 27.7 Å². The van der Waals surface area contributed by atoms with E-state index in [1.807, 2.05) is 64.3 Å². The van der Waals surface area contributed by atoms with Gasteiger partial charge in [0.1, 0.15) is 5.82 Å². The third-order valence-electron chi connectivity index (χ3n) is 4.99. The number of carbonyl (C=O) groups excluding carboxylic acids is 2. The summed E-state index contributed by atoms with van der Waals surface area (Å²) >= 11 is 2.77. The molecule has 1 aromatic carbocycles. The number of benzene rings is 1. The van der Waals surface area contributed by atoms with E-state index in [-0.39, 0.29) is 18.2 Å². The zero-order valence-corrected chi connectivity index (χ0v) is 20.8. The second-order valence-corrected chi connectivity index (χ2v) is 10.1. The Morgan fingerprint density at radius 2 is 1.91 bits per heavy atom. The number of carbonyl (C=O) groups is 2. The number of rotatable bonds is 8. The quantitative estimate of drug-likeness (QED) is 0.474. The Morgan fingerprint density at radius 3 is 2.53 bits per heavy atom. The van der Waals surface area contributed by atoms with Gasteiger partial charge in [0.2, 0.25) is 11.8 Å². The second-order valence-electron chi connectivity index (χ2n) is 7.60. The molecular formula is C22H28N6O2S2. The molecule has 3 aromatic rings. The van der Waals surface area contributed by atoms with Gasteiger partial charge in [-0.2, -0.15) is 0 Å². The van der Waals surface area contributed by atoms with Crippen LogP contribution in [-0.4, -0.2) is 36.8 Å². The number of amides is 2.